The molecule has 1 aromatic heterocycles. The highest BCUT2D eigenvalue weighted by Crippen LogP contribution is 2.29. The number of fused-ring (bicyclic) bond motifs is 1. The minimum absolute atomic E-state index is 0.0723. The summed E-state index contributed by atoms with van der Waals surface area (Å²) in [6.45, 7) is 4.48. The second-order valence-electron chi connectivity index (χ2n) is 7.06. The summed E-state index contributed by atoms with van der Waals surface area (Å²) in [5, 5.41) is 3.54. The van der Waals surface area contributed by atoms with Crippen LogP contribution >= 0.6 is 0 Å². The van der Waals surface area contributed by atoms with Crippen LogP contribution in [0.1, 0.15) is 57.8 Å². The zero-order valence-electron chi connectivity index (χ0n) is 15.9. The number of hydrogen-bond donors (Lipinski definition) is 1. The van der Waals surface area contributed by atoms with Crippen LogP contribution in [-0.2, 0) is 7.05 Å². The average Bonchev–Trinajstić information content (AvgIpc) is 2.66. The zero-order chi connectivity index (χ0) is 18.7. The molecule has 140 valence electrons. The van der Waals surface area contributed by atoms with E-state index in [1.807, 2.05) is 36.9 Å². The molecule has 0 saturated heterocycles. The van der Waals surface area contributed by atoms with Crippen molar-refractivity contribution in [3.63, 3.8) is 0 Å². The predicted octanol–water partition coefficient (Wildman–Crippen LogP) is 3.36. The van der Waals surface area contributed by atoms with E-state index in [4.69, 9.17) is 4.98 Å². The Morgan fingerprint density at radius 1 is 1.31 bits per heavy atom. The van der Waals surface area contributed by atoms with Crippen LogP contribution < -0.4 is 10.9 Å². The Bertz CT molecular complexity index is 839. The maximum atomic E-state index is 12.8. The van der Waals surface area contributed by atoms with Crippen LogP contribution in [0.2, 0.25) is 0 Å². The molecule has 1 unspecified atom stereocenters. The van der Waals surface area contributed by atoms with Gasteiger partial charge in [-0.25, -0.2) is 9.78 Å². The molecule has 1 aliphatic rings. The molecular formula is C20H28N4O2. The first-order chi connectivity index (χ1) is 12.5. The highest BCUT2D eigenvalue weighted by Gasteiger charge is 2.32. The molecule has 2 aromatic rings. The van der Waals surface area contributed by atoms with E-state index in [-0.39, 0.29) is 23.7 Å². The lowest BCUT2D eigenvalue weighted by Crippen LogP contribution is -2.49. The van der Waals surface area contributed by atoms with Crippen molar-refractivity contribution < 1.29 is 4.79 Å². The van der Waals surface area contributed by atoms with Gasteiger partial charge in [0.2, 0.25) is 0 Å². The van der Waals surface area contributed by atoms with Crippen LogP contribution in [-0.4, -0.2) is 33.1 Å². The van der Waals surface area contributed by atoms with Gasteiger partial charge in [0.05, 0.1) is 16.9 Å². The van der Waals surface area contributed by atoms with E-state index in [1.165, 1.54) is 6.42 Å². The van der Waals surface area contributed by atoms with E-state index in [0.29, 0.717) is 23.3 Å². The molecule has 0 bridgehead atoms. The Hall–Kier alpha value is -2.37. The molecule has 0 aliphatic heterocycles. The van der Waals surface area contributed by atoms with Crippen LogP contribution in [0, 0.1) is 0 Å². The zero-order valence-corrected chi connectivity index (χ0v) is 15.9. The van der Waals surface area contributed by atoms with Gasteiger partial charge in [0.25, 0.3) is 5.56 Å². The molecule has 2 amide bonds. The van der Waals surface area contributed by atoms with Gasteiger partial charge in [0, 0.05) is 19.6 Å². The quantitative estimate of drug-likeness (QED) is 0.913. The summed E-state index contributed by atoms with van der Waals surface area (Å²) in [4.78, 5) is 32.2. The summed E-state index contributed by atoms with van der Waals surface area (Å²) in [6, 6.07) is 7.21. The Labute approximate surface area is 154 Å². The molecular weight excluding hydrogens is 328 g/mol. The summed E-state index contributed by atoms with van der Waals surface area (Å²) >= 11 is 0. The predicted molar refractivity (Wildman–Crippen MR) is 103 cm³/mol. The SMILES string of the molecule is CCNC(=O)N(C1CCCCC1)C(C)c1nc2ccccc2c(=O)n1C. The number of hydrogen-bond acceptors (Lipinski definition) is 3. The molecule has 1 N–H and O–H groups in total. The number of carbonyl (C=O) groups is 1. The molecule has 6 heteroatoms. The van der Waals surface area contributed by atoms with Crippen LogP contribution in [0.5, 0.6) is 0 Å². The van der Waals surface area contributed by atoms with Gasteiger partial charge in [-0.05, 0) is 38.8 Å². The molecule has 1 aliphatic carbocycles. The van der Waals surface area contributed by atoms with Gasteiger partial charge in [0.1, 0.15) is 5.82 Å². The second kappa shape index (κ2) is 7.89. The summed E-state index contributed by atoms with van der Waals surface area (Å²) in [5.74, 6) is 0.630. The Morgan fingerprint density at radius 3 is 2.69 bits per heavy atom. The topological polar surface area (TPSA) is 67.2 Å². The maximum absolute atomic E-state index is 12.8. The molecule has 1 aromatic carbocycles. The smallest absolute Gasteiger partial charge is 0.318 e. The van der Waals surface area contributed by atoms with Gasteiger partial charge in [-0.2, -0.15) is 0 Å². The van der Waals surface area contributed by atoms with Crippen molar-refractivity contribution >= 4 is 16.9 Å². The van der Waals surface area contributed by atoms with Gasteiger partial charge in [0.15, 0.2) is 0 Å². The van der Waals surface area contributed by atoms with Gasteiger partial charge >= 0.3 is 6.03 Å². The van der Waals surface area contributed by atoms with Crippen LogP contribution in [0.25, 0.3) is 10.9 Å². The number of carbonyl (C=O) groups excluding carboxylic acids is 1. The first kappa shape index (κ1) is 18.4. The number of benzene rings is 1. The highest BCUT2D eigenvalue weighted by atomic mass is 16.2. The fraction of sp³-hybridized carbons (Fsp3) is 0.550. The lowest BCUT2D eigenvalue weighted by atomic mass is 9.93. The fourth-order valence-electron chi connectivity index (χ4n) is 3.99. The molecule has 1 saturated carbocycles. The summed E-state index contributed by atoms with van der Waals surface area (Å²) in [6.07, 6.45) is 5.50. The third-order valence-electron chi connectivity index (χ3n) is 5.34. The van der Waals surface area contributed by atoms with Crippen molar-refractivity contribution in [3.8, 4) is 0 Å². The van der Waals surface area contributed by atoms with E-state index in [2.05, 4.69) is 5.32 Å². The fourth-order valence-corrected chi connectivity index (χ4v) is 3.99. The molecule has 6 nitrogen and oxygen atoms in total. The summed E-state index contributed by atoms with van der Waals surface area (Å²) in [5.41, 5.74) is 0.605. The molecule has 1 fully saturated rings. The maximum Gasteiger partial charge on any atom is 0.318 e. The van der Waals surface area contributed by atoms with Crippen LogP contribution in [0.4, 0.5) is 4.79 Å². The largest absolute Gasteiger partial charge is 0.338 e. The van der Waals surface area contributed by atoms with E-state index >= 15 is 0 Å². The van der Waals surface area contributed by atoms with E-state index in [1.54, 1.807) is 17.7 Å². The Kier molecular flexibility index (Phi) is 5.59. The number of rotatable bonds is 4. The van der Waals surface area contributed by atoms with E-state index in [9.17, 15) is 9.59 Å². The lowest BCUT2D eigenvalue weighted by molar-refractivity contribution is 0.124. The first-order valence-corrected chi connectivity index (χ1v) is 9.56. The minimum atomic E-state index is -0.271. The Morgan fingerprint density at radius 2 is 2.00 bits per heavy atom. The monoisotopic (exact) mass is 356 g/mol. The molecule has 1 atom stereocenters. The van der Waals surface area contributed by atoms with Crippen molar-refractivity contribution in [2.45, 2.75) is 58.0 Å². The summed E-state index contributed by atoms with van der Waals surface area (Å²) in [7, 11) is 1.74. The molecule has 1 heterocycles. The second-order valence-corrected chi connectivity index (χ2v) is 7.06. The minimum Gasteiger partial charge on any atom is -0.338 e. The van der Waals surface area contributed by atoms with E-state index < -0.39 is 0 Å². The van der Waals surface area contributed by atoms with Crippen molar-refractivity contribution in [1.29, 1.82) is 0 Å². The number of nitrogens with one attached hydrogen (secondary N) is 1. The molecule has 0 spiro atoms. The highest BCUT2D eigenvalue weighted by molar-refractivity contribution is 5.78. The van der Waals surface area contributed by atoms with Gasteiger partial charge in [-0.3, -0.25) is 9.36 Å². The third kappa shape index (κ3) is 3.45. The van der Waals surface area contributed by atoms with Gasteiger partial charge in [-0.15, -0.1) is 0 Å². The van der Waals surface area contributed by atoms with E-state index in [0.717, 1.165) is 25.7 Å². The lowest BCUT2D eigenvalue weighted by Gasteiger charge is -2.38. The molecule has 3 rings (SSSR count). The standard InChI is InChI=1S/C20H28N4O2/c1-4-21-20(26)24(15-10-6-5-7-11-15)14(2)18-22-17-13-9-8-12-16(17)19(25)23(18)3/h8-9,12-15H,4-7,10-11H2,1-3H3,(H,21,26). The van der Waals surface area contributed by atoms with Gasteiger partial charge < -0.3 is 10.2 Å². The van der Waals surface area contributed by atoms with Crippen LogP contribution in [0.15, 0.2) is 29.1 Å². The number of amides is 2. The van der Waals surface area contributed by atoms with Crippen molar-refractivity contribution in [3.05, 3.63) is 40.4 Å². The number of nitrogens with zero attached hydrogens (tertiary/aromatic N) is 3. The van der Waals surface area contributed by atoms with Crippen molar-refractivity contribution in [2.75, 3.05) is 6.54 Å². The average molecular weight is 356 g/mol. The van der Waals surface area contributed by atoms with Crippen LogP contribution in [0.3, 0.4) is 0 Å². The summed E-state index contributed by atoms with van der Waals surface area (Å²) < 4.78 is 1.59. The number of para-hydroxylation sites is 1. The molecule has 26 heavy (non-hydrogen) atoms. The van der Waals surface area contributed by atoms with Gasteiger partial charge in [-0.1, -0.05) is 31.4 Å². The Balaban J connectivity index is 2.04. The van der Waals surface area contributed by atoms with Crippen molar-refractivity contribution in [1.82, 2.24) is 19.8 Å². The van der Waals surface area contributed by atoms with Crippen molar-refractivity contribution in [2.24, 2.45) is 7.05 Å². The number of urea groups is 1. The number of aromatic nitrogens is 2. The normalized spacial score (nSPS) is 16.4. The first-order valence-electron chi connectivity index (χ1n) is 9.56. The third-order valence-corrected chi connectivity index (χ3v) is 5.34. The molecule has 0 radical (unpaired) electrons.